The average molecular weight is 404 g/mol. The van der Waals surface area contributed by atoms with Gasteiger partial charge in [0.25, 0.3) is 5.56 Å². The molecule has 0 aliphatic carbocycles. The number of anilines is 1. The Kier molecular flexibility index (Phi) is 5.08. The number of hydrogen-bond donors (Lipinski definition) is 2. The summed E-state index contributed by atoms with van der Waals surface area (Å²) < 4.78 is 30.2. The molecule has 1 aromatic carbocycles. The lowest BCUT2D eigenvalue weighted by Gasteiger charge is -2.17. The number of nitrogen functional groups attached to an aromatic ring is 1. The lowest BCUT2D eigenvalue weighted by atomic mass is 10.1. The number of nitrogens with two attached hydrogens (primary N) is 1. The molecule has 0 radical (unpaired) electrons. The fraction of sp³-hybridized carbons (Fsp3) is 0.353. The zero-order chi connectivity index (χ0) is 19.7. The van der Waals surface area contributed by atoms with E-state index in [1.165, 1.54) is 6.33 Å². The molecule has 4 unspecified atom stereocenters. The van der Waals surface area contributed by atoms with Gasteiger partial charge >= 0.3 is 8.25 Å². The van der Waals surface area contributed by atoms with Crippen molar-refractivity contribution in [2.24, 2.45) is 5.92 Å². The summed E-state index contributed by atoms with van der Waals surface area (Å²) in [5.41, 5.74) is 5.80. The summed E-state index contributed by atoms with van der Waals surface area (Å²) >= 11 is 0. The monoisotopic (exact) mass is 404 g/mol. The smallest absolute Gasteiger partial charge is 0.369 e. The molecular weight excluding hydrogens is 385 g/mol. The van der Waals surface area contributed by atoms with Gasteiger partial charge in [-0.2, -0.15) is 4.98 Å². The van der Waals surface area contributed by atoms with Gasteiger partial charge < -0.3 is 10.5 Å². The van der Waals surface area contributed by atoms with Crippen LogP contribution in [0.3, 0.4) is 0 Å². The third-order valence-electron chi connectivity index (χ3n) is 4.47. The summed E-state index contributed by atoms with van der Waals surface area (Å²) in [5, 5.41) is 0. The minimum Gasteiger partial charge on any atom is -0.369 e. The van der Waals surface area contributed by atoms with Crippen LogP contribution in [0.1, 0.15) is 19.6 Å². The van der Waals surface area contributed by atoms with Crippen LogP contribution in [0, 0.1) is 5.92 Å². The summed E-state index contributed by atoms with van der Waals surface area (Å²) in [6, 6.07) is 8.81. The molecule has 10 nitrogen and oxygen atoms in total. The molecule has 2 aromatic heterocycles. The number of hydrogen-bond acceptors (Lipinski definition) is 8. The van der Waals surface area contributed by atoms with Crippen LogP contribution in [0.4, 0.5) is 5.95 Å². The van der Waals surface area contributed by atoms with Gasteiger partial charge in [-0.25, -0.2) is 9.51 Å². The molecule has 3 N–H and O–H groups in total. The second-order valence-electron chi connectivity index (χ2n) is 6.56. The number of ether oxygens (including phenoxy) is 1. The Bertz CT molecular complexity index is 1050. The predicted molar refractivity (Wildman–Crippen MR) is 101 cm³/mol. The highest BCUT2D eigenvalue weighted by Gasteiger charge is 2.37. The minimum atomic E-state index is -2.31. The first kappa shape index (κ1) is 18.5. The Labute approximate surface area is 160 Å². The topological polar surface area (TPSA) is 134 Å². The van der Waals surface area contributed by atoms with Crippen LogP contribution in [-0.4, -0.2) is 32.2 Å². The van der Waals surface area contributed by atoms with E-state index < -0.39 is 13.8 Å². The van der Waals surface area contributed by atoms with Gasteiger partial charge in [0, 0.05) is 10.5 Å². The molecular formula is C17H19N5O5P+. The Morgan fingerprint density at radius 2 is 2.18 bits per heavy atom. The highest BCUT2D eigenvalue weighted by atomic mass is 31.1. The largest absolute Gasteiger partial charge is 0.750 e. The van der Waals surface area contributed by atoms with E-state index in [0.717, 1.165) is 0 Å². The number of aromatic nitrogens is 4. The Hall–Kier alpha value is -2.81. The van der Waals surface area contributed by atoms with Gasteiger partial charge in [0.2, 0.25) is 5.95 Å². The molecule has 11 heteroatoms. The van der Waals surface area contributed by atoms with Crippen molar-refractivity contribution in [3.05, 3.63) is 47.0 Å². The SMILES string of the molecule is CC1CC(CO[P+](=O)Oc2ccccc2)OC1n1cnc2c(=O)[nH]c(N)nc21. The predicted octanol–water partition coefficient (Wildman–Crippen LogP) is 2.38. The number of rotatable bonds is 6. The number of nitrogens with one attached hydrogen (secondary N) is 1. The van der Waals surface area contributed by atoms with Crippen LogP contribution in [0.25, 0.3) is 11.2 Å². The first-order valence-corrected chi connectivity index (χ1v) is 9.82. The Morgan fingerprint density at radius 1 is 1.39 bits per heavy atom. The van der Waals surface area contributed by atoms with Crippen LogP contribution >= 0.6 is 8.25 Å². The number of para-hydroxylation sites is 1. The summed E-state index contributed by atoms with van der Waals surface area (Å²) in [5.74, 6) is 0.585. The molecule has 3 aromatic rings. The molecule has 0 amide bonds. The van der Waals surface area contributed by atoms with Gasteiger partial charge in [-0.15, -0.1) is 4.52 Å². The van der Waals surface area contributed by atoms with Gasteiger partial charge in [-0.3, -0.25) is 14.3 Å². The van der Waals surface area contributed by atoms with Crippen molar-refractivity contribution in [1.82, 2.24) is 19.5 Å². The number of imidazole rings is 1. The van der Waals surface area contributed by atoms with Crippen LogP contribution in [0.2, 0.25) is 0 Å². The molecule has 28 heavy (non-hydrogen) atoms. The van der Waals surface area contributed by atoms with Crippen molar-refractivity contribution in [1.29, 1.82) is 0 Å². The molecule has 4 atom stereocenters. The molecule has 1 aliphatic heterocycles. The van der Waals surface area contributed by atoms with E-state index in [4.69, 9.17) is 19.5 Å². The number of nitrogens with zero attached hydrogens (tertiary/aromatic N) is 3. The lowest BCUT2D eigenvalue weighted by Crippen LogP contribution is -2.17. The summed E-state index contributed by atoms with van der Waals surface area (Å²) in [6.07, 6.45) is 1.52. The quantitative estimate of drug-likeness (QED) is 0.598. The second-order valence-corrected chi connectivity index (χ2v) is 7.45. The standard InChI is InChI=1S/C17H18N5O5P/c1-10-7-12(8-25-28(24)27-11-5-3-2-4-6-11)26-16(10)22-9-19-13-14(22)20-17(18)21-15(13)23/h2-6,9-10,12,16H,7-8H2,1H3,(H2-,18,20,21,23)/p+1. The molecule has 0 spiro atoms. The Balaban J connectivity index is 1.41. The number of benzene rings is 1. The minimum absolute atomic E-state index is 0.0137. The van der Waals surface area contributed by atoms with E-state index in [1.54, 1.807) is 28.8 Å². The normalized spacial score (nSPS) is 22.5. The maximum absolute atomic E-state index is 12.0. The van der Waals surface area contributed by atoms with Crippen molar-refractivity contribution in [2.75, 3.05) is 12.3 Å². The highest BCUT2D eigenvalue weighted by Crippen LogP contribution is 2.37. The van der Waals surface area contributed by atoms with E-state index in [0.29, 0.717) is 17.8 Å². The third-order valence-corrected chi connectivity index (χ3v) is 5.19. The van der Waals surface area contributed by atoms with Crippen molar-refractivity contribution < 1.29 is 18.3 Å². The van der Waals surface area contributed by atoms with Gasteiger partial charge in [-0.1, -0.05) is 25.1 Å². The maximum atomic E-state index is 12.0. The van der Waals surface area contributed by atoms with Gasteiger partial charge in [0.15, 0.2) is 16.9 Å². The van der Waals surface area contributed by atoms with Crippen molar-refractivity contribution in [3.8, 4) is 5.75 Å². The molecule has 1 fully saturated rings. The summed E-state index contributed by atoms with van der Waals surface area (Å²) in [7, 11) is -2.31. The van der Waals surface area contributed by atoms with Crippen LogP contribution in [0.5, 0.6) is 5.75 Å². The van der Waals surface area contributed by atoms with E-state index >= 15 is 0 Å². The lowest BCUT2D eigenvalue weighted by molar-refractivity contribution is -0.0253. The second kappa shape index (κ2) is 7.67. The van der Waals surface area contributed by atoms with Crippen molar-refractivity contribution in [2.45, 2.75) is 25.7 Å². The molecule has 4 rings (SSSR count). The average Bonchev–Trinajstić information content (AvgIpc) is 3.24. The zero-order valence-electron chi connectivity index (χ0n) is 15.0. The van der Waals surface area contributed by atoms with Crippen molar-refractivity contribution in [3.63, 3.8) is 0 Å². The van der Waals surface area contributed by atoms with Crippen LogP contribution in [0.15, 0.2) is 41.5 Å². The van der Waals surface area contributed by atoms with E-state index in [1.807, 2.05) is 13.0 Å². The number of fused-ring (bicyclic) bond motifs is 1. The van der Waals surface area contributed by atoms with E-state index in [9.17, 15) is 9.36 Å². The van der Waals surface area contributed by atoms with Crippen LogP contribution < -0.4 is 15.8 Å². The molecule has 1 aliphatic rings. The fourth-order valence-corrected chi connectivity index (χ4v) is 3.87. The van der Waals surface area contributed by atoms with Crippen LogP contribution in [-0.2, 0) is 13.8 Å². The maximum Gasteiger partial charge on any atom is 0.750 e. The molecule has 0 bridgehead atoms. The van der Waals surface area contributed by atoms with Gasteiger partial charge in [-0.05, 0) is 18.6 Å². The van der Waals surface area contributed by atoms with Gasteiger partial charge in [0.1, 0.15) is 12.8 Å². The van der Waals surface area contributed by atoms with E-state index in [2.05, 4.69) is 15.0 Å². The highest BCUT2D eigenvalue weighted by molar-refractivity contribution is 7.33. The molecule has 1 saturated heterocycles. The molecule has 146 valence electrons. The summed E-state index contributed by atoms with van der Waals surface area (Å²) in [4.78, 5) is 22.6. The zero-order valence-corrected chi connectivity index (χ0v) is 15.9. The fourth-order valence-electron chi connectivity index (χ4n) is 3.23. The van der Waals surface area contributed by atoms with Crippen molar-refractivity contribution >= 4 is 25.4 Å². The number of H-pyrrole nitrogens is 1. The number of aromatic amines is 1. The van der Waals surface area contributed by atoms with E-state index in [-0.39, 0.29) is 36.3 Å². The summed E-state index contributed by atoms with van der Waals surface area (Å²) in [6.45, 7) is 2.12. The first-order valence-electron chi connectivity index (χ1n) is 8.72. The third kappa shape index (κ3) is 3.75. The first-order chi connectivity index (χ1) is 13.5. The molecule has 3 heterocycles. The van der Waals surface area contributed by atoms with Gasteiger partial charge in [0.05, 0.1) is 12.4 Å². The Morgan fingerprint density at radius 3 is 2.96 bits per heavy atom. The molecule has 0 saturated carbocycles.